The van der Waals surface area contributed by atoms with Crippen LogP contribution in [0.4, 0.5) is 0 Å². The van der Waals surface area contributed by atoms with E-state index >= 15 is 0 Å². The van der Waals surface area contributed by atoms with Gasteiger partial charge in [0.1, 0.15) is 0 Å². The van der Waals surface area contributed by atoms with E-state index in [2.05, 4.69) is 25.8 Å². The zero-order valence-corrected chi connectivity index (χ0v) is 12.1. The Hall–Kier alpha value is -1.15. The highest BCUT2D eigenvalue weighted by atomic mass is 16.1. The van der Waals surface area contributed by atoms with E-state index in [1.54, 1.807) is 0 Å². The van der Waals surface area contributed by atoms with Crippen molar-refractivity contribution in [3.63, 3.8) is 0 Å². The maximum atomic E-state index is 12.0. The lowest BCUT2D eigenvalue weighted by Crippen LogP contribution is -2.30. The van der Waals surface area contributed by atoms with Crippen LogP contribution in [0.15, 0.2) is 24.3 Å². The summed E-state index contributed by atoms with van der Waals surface area (Å²) in [7, 11) is 2.10. The number of carbonyl (C=O) groups excluding carboxylic acids is 1. The third-order valence-electron chi connectivity index (χ3n) is 3.52. The fourth-order valence-electron chi connectivity index (χ4n) is 2.02. The molecule has 1 aromatic carbocycles. The number of hydrogen-bond donors (Lipinski definition) is 0. The van der Waals surface area contributed by atoms with Crippen LogP contribution >= 0.6 is 0 Å². The van der Waals surface area contributed by atoms with Crippen molar-refractivity contribution in [2.45, 2.75) is 46.1 Å². The first-order valence-corrected chi connectivity index (χ1v) is 6.84. The van der Waals surface area contributed by atoms with E-state index in [0.29, 0.717) is 12.5 Å². The number of Topliss-reactive ketones (excluding diaryl/α,β-unsaturated/α-hetero) is 1. The van der Waals surface area contributed by atoms with E-state index in [9.17, 15) is 4.79 Å². The van der Waals surface area contributed by atoms with E-state index < -0.39 is 0 Å². The largest absolute Gasteiger partial charge is 0.303 e. The highest BCUT2D eigenvalue weighted by Crippen LogP contribution is 2.09. The number of carbonyl (C=O) groups is 1. The molecule has 0 saturated carbocycles. The van der Waals surface area contributed by atoms with E-state index in [-0.39, 0.29) is 5.78 Å². The molecule has 0 aromatic heterocycles. The van der Waals surface area contributed by atoms with Crippen LogP contribution in [0.1, 0.15) is 49.0 Å². The molecule has 18 heavy (non-hydrogen) atoms. The maximum absolute atomic E-state index is 12.0. The molecule has 0 fully saturated rings. The molecule has 0 heterocycles. The Morgan fingerprint density at radius 3 is 2.44 bits per heavy atom. The van der Waals surface area contributed by atoms with Gasteiger partial charge >= 0.3 is 0 Å². The molecule has 0 aliphatic rings. The molecule has 1 unspecified atom stereocenters. The van der Waals surface area contributed by atoms with Gasteiger partial charge in [0, 0.05) is 24.6 Å². The Labute approximate surface area is 111 Å². The molecule has 0 bridgehead atoms. The quantitative estimate of drug-likeness (QED) is 0.685. The van der Waals surface area contributed by atoms with E-state index in [0.717, 1.165) is 12.1 Å². The van der Waals surface area contributed by atoms with Crippen LogP contribution in [-0.2, 0) is 0 Å². The van der Waals surface area contributed by atoms with Gasteiger partial charge in [-0.15, -0.1) is 0 Å². The maximum Gasteiger partial charge on any atom is 0.164 e. The van der Waals surface area contributed by atoms with Crippen molar-refractivity contribution < 1.29 is 4.79 Å². The molecular weight excluding hydrogens is 222 g/mol. The predicted octanol–water partition coefficient (Wildman–Crippen LogP) is 3.69. The van der Waals surface area contributed by atoms with Gasteiger partial charge in [0.05, 0.1) is 0 Å². The molecule has 0 spiro atoms. The molecule has 1 aromatic rings. The summed E-state index contributed by atoms with van der Waals surface area (Å²) >= 11 is 0. The molecule has 1 atom stereocenters. The second-order valence-corrected chi connectivity index (χ2v) is 5.16. The number of hydrogen-bond acceptors (Lipinski definition) is 2. The van der Waals surface area contributed by atoms with Crippen LogP contribution in [0.3, 0.4) is 0 Å². The SMILES string of the molecule is CCCC(C)N(C)CCC(=O)c1ccc(C)cc1. The third-order valence-corrected chi connectivity index (χ3v) is 3.52. The molecule has 2 nitrogen and oxygen atoms in total. The van der Waals surface area contributed by atoms with Gasteiger partial charge in [0.2, 0.25) is 0 Å². The van der Waals surface area contributed by atoms with Gasteiger partial charge in [-0.2, -0.15) is 0 Å². The molecule has 0 saturated heterocycles. The Balaban J connectivity index is 2.43. The summed E-state index contributed by atoms with van der Waals surface area (Å²) in [4.78, 5) is 14.3. The van der Waals surface area contributed by atoms with Gasteiger partial charge in [0.15, 0.2) is 5.78 Å². The predicted molar refractivity (Wildman–Crippen MR) is 77.1 cm³/mol. The minimum absolute atomic E-state index is 0.241. The lowest BCUT2D eigenvalue weighted by atomic mass is 10.1. The van der Waals surface area contributed by atoms with Crippen molar-refractivity contribution in [1.82, 2.24) is 4.90 Å². The topological polar surface area (TPSA) is 20.3 Å². The zero-order chi connectivity index (χ0) is 13.5. The highest BCUT2D eigenvalue weighted by molar-refractivity contribution is 5.96. The molecule has 100 valence electrons. The van der Waals surface area contributed by atoms with Crippen LogP contribution in [0, 0.1) is 6.92 Å². The lowest BCUT2D eigenvalue weighted by Gasteiger charge is -2.23. The second kappa shape index (κ2) is 7.32. The van der Waals surface area contributed by atoms with Crippen LogP contribution in [0.5, 0.6) is 0 Å². The smallest absolute Gasteiger partial charge is 0.164 e. The zero-order valence-electron chi connectivity index (χ0n) is 12.1. The molecule has 0 amide bonds. The molecule has 0 N–H and O–H groups in total. The standard InChI is InChI=1S/C16H25NO/c1-5-6-14(3)17(4)12-11-16(18)15-9-7-13(2)8-10-15/h7-10,14H,5-6,11-12H2,1-4H3. The van der Waals surface area contributed by atoms with Gasteiger partial charge in [-0.3, -0.25) is 4.79 Å². The van der Waals surface area contributed by atoms with Gasteiger partial charge < -0.3 is 4.90 Å². The minimum atomic E-state index is 0.241. The molecule has 2 heteroatoms. The molecule has 1 rings (SSSR count). The Bertz CT molecular complexity index is 369. The number of ketones is 1. The van der Waals surface area contributed by atoms with E-state index in [1.807, 2.05) is 31.2 Å². The molecule has 0 radical (unpaired) electrons. The van der Waals surface area contributed by atoms with Gasteiger partial charge in [0.25, 0.3) is 0 Å². The van der Waals surface area contributed by atoms with Crippen molar-refractivity contribution >= 4 is 5.78 Å². The summed E-state index contributed by atoms with van der Waals surface area (Å²) < 4.78 is 0. The number of benzene rings is 1. The summed E-state index contributed by atoms with van der Waals surface area (Å²) in [5.74, 6) is 0.241. The summed E-state index contributed by atoms with van der Waals surface area (Å²) in [5.41, 5.74) is 2.03. The Morgan fingerprint density at radius 1 is 1.28 bits per heavy atom. The van der Waals surface area contributed by atoms with E-state index in [4.69, 9.17) is 0 Å². The van der Waals surface area contributed by atoms with Crippen LogP contribution in [0.25, 0.3) is 0 Å². The normalized spacial score (nSPS) is 12.7. The Morgan fingerprint density at radius 2 is 1.89 bits per heavy atom. The van der Waals surface area contributed by atoms with Crippen molar-refractivity contribution in [1.29, 1.82) is 0 Å². The first-order valence-electron chi connectivity index (χ1n) is 6.84. The van der Waals surface area contributed by atoms with Crippen LogP contribution in [0.2, 0.25) is 0 Å². The van der Waals surface area contributed by atoms with Crippen LogP contribution in [-0.4, -0.2) is 30.3 Å². The van der Waals surface area contributed by atoms with Crippen molar-refractivity contribution in [2.24, 2.45) is 0 Å². The third kappa shape index (κ3) is 4.61. The van der Waals surface area contributed by atoms with Gasteiger partial charge in [-0.05, 0) is 27.3 Å². The fraction of sp³-hybridized carbons (Fsp3) is 0.562. The number of rotatable bonds is 7. The number of nitrogens with zero attached hydrogens (tertiary/aromatic N) is 1. The van der Waals surface area contributed by atoms with Gasteiger partial charge in [-0.25, -0.2) is 0 Å². The van der Waals surface area contributed by atoms with Crippen molar-refractivity contribution in [3.05, 3.63) is 35.4 Å². The average molecular weight is 247 g/mol. The van der Waals surface area contributed by atoms with Crippen molar-refractivity contribution in [2.75, 3.05) is 13.6 Å². The van der Waals surface area contributed by atoms with E-state index in [1.165, 1.54) is 18.4 Å². The highest BCUT2D eigenvalue weighted by Gasteiger charge is 2.11. The lowest BCUT2D eigenvalue weighted by molar-refractivity contribution is 0.0961. The van der Waals surface area contributed by atoms with Crippen LogP contribution < -0.4 is 0 Å². The summed E-state index contributed by atoms with van der Waals surface area (Å²) in [6.45, 7) is 7.30. The van der Waals surface area contributed by atoms with Crippen molar-refractivity contribution in [3.8, 4) is 0 Å². The monoisotopic (exact) mass is 247 g/mol. The average Bonchev–Trinajstić information content (AvgIpc) is 2.36. The first kappa shape index (κ1) is 14.9. The Kier molecular flexibility index (Phi) is 6.06. The minimum Gasteiger partial charge on any atom is -0.303 e. The summed E-state index contributed by atoms with van der Waals surface area (Å²) in [5, 5.41) is 0. The summed E-state index contributed by atoms with van der Waals surface area (Å²) in [6.07, 6.45) is 2.99. The fourth-order valence-corrected chi connectivity index (χ4v) is 2.02. The second-order valence-electron chi connectivity index (χ2n) is 5.16. The molecule has 0 aliphatic carbocycles. The first-order chi connectivity index (χ1) is 8.54. The van der Waals surface area contributed by atoms with Gasteiger partial charge in [-0.1, -0.05) is 43.2 Å². The molecular formula is C16H25NO. The molecule has 0 aliphatic heterocycles. The summed E-state index contributed by atoms with van der Waals surface area (Å²) in [6, 6.07) is 8.40. The number of aryl methyl sites for hydroxylation is 1.